The zero-order chi connectivity index (χ0) is 15.0. The number of benzene rings is 1. The predicted octanol–water partition coefficient (Wildman–Crippen LogP) is 3.52. The maximum absolute atomic E-state index is 12.8. The molecular weight excluding hydrogens is 260 g/mol. The standard InChI is InChI=1S/C18H24N2O/c1-12-7-8-17-15(10-12)18(21)16(14(3)19-17)11-20-9-5-4-6-13(20)2/h7-8,10,13H,4-6,9,11H2,1-3H3,(H,19,21)/t13-/m0/s1. The molecule has 1 aromatic carbocycles. The maximum Gasteiger partial charge on any atom is 0.194 e. The number of aromatic amines is 1. The van der Waals surface area contributed by atoms with E-state index in [0.29, 0.717) is 6.04 Å². The van der Waals surface area contributed by atoms with E-state index in [1.54, 1.807) is 0 Å². The van der Waals surface area contributed by atoms with Gasteiger partial charge < -0.3 is 4.98 Å². The van der Waals surface area contributed by atoms with Crippen molar-refractivity contribution in [2.75, 3.05) is 6.54 Å². The average molecular weight is 284 g/mol. The second kappa shape index (κ2) is 5.64. The van der Waals surface area contributed by atoms with Crippen LogP contribution in [0.1, 0.15) is 43.0 Å². The van der Waals surface area contributed by atoms with Gasteiger partial charge in [0.25, 0.3) is 0 Å². The van der Waals surface area contributed by atoms with Gasteiger partial charge >= 0.3 is 0 Å². The van der Waals surface area contributed by atoms with Crippen molar-refractivity contribution >= 4 is 10.9 Å². The molecule has 112 valence electrons. The van der Waals surface area contributed by atoms with Crippen molar-refractivity contribution < 1.29 is 0 Å². The second-order valence-corrected chi connectivity index (χ2v) is 6.42. The van der Waals surface area contributed by atoms with Crippen LogP contribution in [0.2, 0.25) is 0 Å². The Morgan fingerprint density at radius 3 is 2.86 bits per heavy atom. The van der Waals surface area contributed by atoms with Gasteiger partial charge in [-0.25, -0.2) is 0 Å². The summed E-state index contributed by atoms with van der Waals surface area (Å²) in [5, 5.41) is 0.820. The number of nitrogens with one attached hydrogen (secondary N) is 1. The molecule has 1 saturated heterocycles. The highest BCUT2D eigenvalue weighted by Crippen LogP contribution is 2.20. The number of rotatable bonds is 2. The number of fused-ring (bicyclic) bond motifs is 1. The number of pyridine rings is 1. The van der Waals surface area contributed by atoms with E-state index in [4.69, 9.17) is 0 Å². The number of piperidine rings is 1. The molecule has 0 amide bonds. The monoisotopic (exact) mass is 284 g/mol. The number of aromatic nitrogens is 1. The summed E-state index contributed by atoms with van der Waals surface area (Å²) >= 11 is 0. The molecule has 1 aliphatic heterocycles. The Labute approximate surface area is 126 Å². The minimum atomic E-state index is 0.197. The van der Waals surface area contributed by atoms with Crippen LogP contribution in [0.5, 0.6) is 0 Å². The quantitative estimate of drug-likeness (QED) is 0.916. The topological polar surface area (TPSA) is 36.1 Å². The molecule has 1 fully saturated rings. The molecule has 1 atom stereocenters. The minimum Gasteiger partial charge on any atom is -0.358 e. The Morgan fingerprint density at radius 2 is 2.10 bits per heavy atom. The maximum atomic E-state index is 12.8. The van der Waals surface area contributed by atoms with Crippen LogP contribution in [0.15, 0.2) is 23.0 Å². The number of nitrogens with zero attached hydrogens (tertiary/aromatic N) is 1. The van der Waals surface area contributed by atoms with Gasteiger partial charge in [0.1, 0.15) is 0 Å². The molecule has 0 bridgehead atoms. The summed E-state index contributed by atoms with van der Waals surface area (Å²) in [4.78, 5) is 18.7. The Hall–Kier alpha value is -1.61. The lowest BCUT2D eigenvalue weighted by Crippen LogP contribution is -2.38. The fraction of sp³-hybridized carbons (Fsp3) is 0.500. The van der Waals surface area contributed by atoms with Crippen LogP contribution >= 0.6 is 0 Å². The van der Waals surface area contributed by atoms with Crippen molar-refractivity contribution in [3.8, 4) is 0 Å². The van der Waals surface area contributed by atoms with Crippen LogP contribution in [0.25, 0.3) is 10.9 Å². The normalized spacial score (nSPS) is 20.0. The van der Waals surface area contributed by atoms with Crippen molar-refractivity contribution in [2.45, 2.75) is 52.6 Å². The SMILES string of the molecule is Cc1ccc2[nH]c(C)c(CN3CCCC[C@@H]3C)c(=O)c2c1. The van der Waals surface area contributed by atoms with E-state index in [-0.39, 0.29) is 5.43 Å². The Bertz CT molecular complexity index is 717. The molecule has 0 radical (unpaired) electrons. The first kappa shape index (κ1) is 14.3. The molecule has 1 aliphatic rings. The summed E-state index contributed by atoms with van der Waals surface area (Å²) in [6.45, 7) is 8.20. The highest BCUT2D eigenvalue weighted by molar-refractivity contribution is 5.80. The van der Waals surface area contributed by atoms with E-state index in [1.807, 2.05) is 32.0 Å². The van der Waals surface area contributed by atoms with E-state index >= 15 is 0 Å². The largest absolute Gasteiger partial charge is 0.358 e. The molecule has 2 aromatic rings. The molecule has 3 rings (SSSR count). The van der Waals surface area contributed by atoms with Gasteiger partial charge in [0.2, 0.25) is 0 Å². The van der Waals surface area contributed by atoms with E-state index < -0.39 is 0 Å². The second-order valence-electron chi connectivity index (χ2n) is 6.42. The summed E-state index contributed by atoms with van der Waals surface area (Å²) in [6.07, 6.45) is 3.79. The first-order valence-electron chi connectivity index (χ1n) is 7.92. The molecule has 3 heteroatoms. The van der Waals surface area contributed by atoms with Gasteiger partial charge in [-0.15, -0.1) is 0 Å². The first-order chi connectivity index (χ1) is 10.1. The fourth-order valence-electron chi connectivity index (χ4n) is 3.35. The zero-order valence-corrected chi connectivity index (χ0v) is 13.2. The van der Waals surface area contributed by atoms with Crippen molar-refractivity contribution in [3.63, 3.8) is 0 Å². The summed E-state index contributed by atoms with van der Waals surface area (Å²) in [5.74, 6) is 0. The molecule has 0 aliphatic carbocycles. The summed E-state index contributed by atoms with van der Waals surface area (Å²) < 4.78 is 0. The van der Waals surface area contributed by atoms with Crippen molar-refractivity contribution in [1.82, 2.24) is 9.88 Å². The molecule has 0 saturated carbocycles. The fourth-order valence-corrected chi connectivity index (χ4v) is 3.35. The van der Waals surface area contributed by atoms with Gasteiger partial charge in [0, 0.05) is 34.7 Å². The van der Waals surface area contributed by atoms with Crippen LogP contribution < -0.4 is 5.43 Å². The number of aryl methyl sites for hydroxylation is 2. The van der Waals surface area contributed by atoms with Crippen LogP contribution in [-0.4, -0.2) is 22.5 Å². The first-order valence-corrected chi connectivity index (χ1v) is 7.92. The highest BCUT2D eigenvalue weighted by Gasteiger charge is 2.20. The third-order valence-corrected chi connectivity index (χ3v) is 4.77. The van der Waals surface area contributed by atoms with Gasteiger partial charge in [-0.1, -0.05) is 18.1 Å². The van der Waals surface area contributed by atoms with Gasteiger partial charge in [-0.3, -0.25) is 9.69 Å². The predicted molar refractivity (Wildman–Crippen MR) is 87.8 cm³/mol. The third-order valence-electron chi connectivity index (χ3n) is 4.77. The Kier molecular flexibility index (Phi) is 3.85. The molecule has 1 N–H and O–H groups in total. The summed E-state index contributed by atoms with van der Waals surface area (Å²) in [6, 6.07) is 6.62. The molecule has 21 heavy (non-hydrogen) atoms. The zero-order valence-electron chi connectivity index (χ0n) is 13.2. The summed E-state index contributed by atoms with van der Waals surface area (Å²) in [7, 11) is 0. The molecule has 2 heterocycles. The van der Waals surface area contributed by atoms with Crippen molar-refractivity contribution in [3.05, 3.63) is 45.2 Å². The van der Waals surface area contributed by atoms with Crippen LogP contribution in [0.4, 0.5) is 0 Å². The smallest absolute Gasteiger partial charge is 0.194 e. The molecule has 3 nitrogen and oxygen atoms in total. The third kappa shape index (κ3) is 2.75. The number of likely N-dealkylation sites (tertiary alicyclic amines) is 1. The number of hydrogen-bond acceptors (Lipinski definition) is 2. The van der Waals surface area contributed by atoms with E-state index in [9.17, 15) is 4.79 Å². The van der Waals surface area contributed by atoms with Gasteiger partial charge in [-0.2, -0.15) is 0 Å². The lowest BCUT2D eigenvalue weighted by Gasteiger charge is -2.33. The minimum absolute atomic E-state index is 0.197. The van der Waals surface area contributed by atoms with Crippen LogP contribution in [0, 0.1) is 13.8 Å². The highest BCUT2D eigenvalue weighted by atomic mass is 16.1. The lowest BCUT2D eigenvalue weighted by molar-refractivity contribution is 0.152. The number of hydrogen-bond donors (Lipinski definition) is 1. The van der Waals surface area contributed by atoms with E-state index in [0.717, 1.165) is 40.8 Å². The molecule has 0 spiro atoms. The average Bonchev–Trinajstić information content (AvgIpc) is 2.46. The lowest BCUT2D eigenvalue weighted by atomic mass is 10.0. The van der Waals surface area contributed by atoms with Crippen LogP contribution in [-0.2, 0) is 6.54 Å². The van der Waals surface area contributed by atoms with Crippen molar-refractivity contribution in [2.24, 2.45) is 0 Å². The molecule has 0 unspecified atom stereocenters. The Balaban J connectivity index is 2.03. The van der Waals surface area contributed by atoms with Gasteiger partial charge in [0.15, 0.2) is 5.43 Å². The van der Waals surface area contributed by atoms with Crippen molar-refractivity contribution in [1.29, 1.82) is 0 Å². The molecule has 1 aromatic heterocycles. The number of H-pyrrole nitrogens is 1. The van der Waals surface area contributed by atoms with E-state index in [2.05, 4.69) is 16.8 Å². The summed E-state index contributed by atoms with van der Waals surface area (Å²) in [5.41, 5.74) is 4.21. The van der Waals surface area contributed by atoms with Gasteiger partial charge in [-0.05, 0) is 52.3 Å². The van der Waals surface area contributed by atoms with Crippen LogP contribution in [0.3, 0.4) is 0 Å². The Morgan fingerprint density at radius 1 is 1.29 bits per heavy atom. The molecular formula is C18H24N2O. The van der Waals surface area contributed by atoms with E-state index in [1.165, 1.54) is 19.3 Å². The van der Waals surface area contributed by atoms with Gasteiger partial charge in [0.05, 0.1) is 0 Å².